The van der Waals surface area contributed by atoms with E-state index in [0.29, 0.717) is 5.82 Å². The molecule has 2 aromatic rings. The lowest BCUT2D eigenvalue weighted by molar-refractivity contribution is -0.141. The van der Waals surface area contributed by atoms with Gasteiger partial charge in [-0.3, -0.25) is 9.59 Å². The first-order valence-electron chi connectivity index (χ1n) is 7.20. The number of carbonyl (C=O) groups excluding carboxylic acids is 1. The van der Waals surface area contributed by atoms with Crippen molar-refractivity contribution in [3.8, 4) is 0 Å². The molecule has 1 saturated carbocycles. The molecule has 6 nitrogen and oxygen atoms in total. The highest BCUT2D eigenvalue weighted by Crippen LogP contribution is 2.37. The number of anilines is 1. The molecule has 0 bridgehead atoms. The van der Waals surface area contributed by atoms with Crippen molar-refractivity contribution < 1.29 is 18.0 Å². The first-order chi connectivity index (χ1) is 11.2. The number of nitrogens with zero attached hydrogens (tertiary/aromatic N) is 2. The Morgan fingerprint density at radius 2 is 2.04 bits per heavy atom. The summed E-state index contributed by atoms with van der Waals surface area (Å²) >= 11 is 0. The Kier molecular flexibility index (Phi) is 3.86. The van der Waals surface area contributed by atoms with E-state index < -0.39 is 23.3 Å². The number of aryl methyl sites for hydroxylation is 1. The highest BCUT2D eigenvalue weighted by molar-refractivity contribution is 6.02. The molecule has 2 N–H and O–H groups in total. The second-order valence-electron chi connectivity index (χ2n) is 5.63. The minimum Gasteiger partial charge on any atom is -0.319 e. The number of alkyl halides is 3. The first kappa shape index (κ1) is 16.2. The Morgan fingerprint density at radius 1 is 1.33 bits per heavy atom. The molecule has 0 saturated heterocycles. The fraction of sp³-hybridized carbons (Fsp3) is 0.333. The van der Waals surface area contributed by atoms with Crippen LogP contribution in [0.4, 0.5) is 18.9 Å². The molecule has 0 atom stereocenters. The minimum atomic E-state index is -4.56. The second-order valence-corrected chi connectivity index (χ2v) is 5.63. The van der Waals surface area contributed by atoms with Gasteiger partial charge >= 0.3 is 6.18 Å². The zero-order valence-electron chi connectivity index (χ0n) is 12.6. The standard InChI is InChI=1S/C15H13F3N4O2/c1-7-4-9(6-19-12(7)15(16,17)18)20-14(24)10-5-11(23)22-13(21-10)8-2-3-8/h4-6,8H,2-3H2,1H3,(H,20,24)(H,21,22,23). The lowest BCUT2D eigenvalue weighted by Crippen LogP contribution is -2.20. The molecule has 0 unspecified atom stereocenters. The van der Waals surface area contributed by atoms with Crippen LogP contribution in [0.1, 0.15) is 46.3 Å². The van der Waals surface area contributed by atoms with Gasteiger partial charge < -0.3 is 10.3 Å². The highest BCUT2D eigenvalue weighted by atomic mass is 19.4. The molecule has 1 aliphatic rings. The Labute approximate surface area is 134 Å². The van der Waals surface area contributed by atoms with Crippen molar-refractivity contribution in [2.24, 2.45) is 0 Å². The maximum atomic E-state index is 12.7. The molecule has 126 valence electrons. The normalized spacial score (nSPS) is 14.5. The predicted molar refractivity (Wildman–Crippen MR) is 78.8 cm³/mol. The van der Waals surface area contributed by atoms with E-state index in [-0.39, 0.29) is 22.9 Å². The largest absolute Gasteiger partial charge is 0.433 e. The van der Waals surface area contributed by atoms with Gasteiger partial charge in [-0.1, -0.05) is 0 Å². The summed E-state index contributed by atoms with van der Waals surface area (Å²) in [5.74, 6) is -0.0706. The SMILES string of the molecule is Cc1cc(NC(=O)c2cc(=O)[nH]c(C3CC3)n2)cnc1C(F)(F)F. The molecule has 0 radical (unpaired) electrons. The topological polar surface area (TPSA) is 87.7 Å². The predicted octanol–water partition coefficient (Wildman–Crippen LogP) is 2.62. The van der Waals surface area contributed by atoms with Gasteiger partial charge in [0.15, 0.2) is 0 Å². The summed E-state index contributed by atoms with van der Waals surface area (Å²) in [6.45, 7) is 1.25. The van der Waals surface area contributed by atoms with Gasteiger partial charge in [0.05, 0.1) is 11.9 Å². The van der Waals surface area contributed by atoms with E-state index >= 15 is 0 Å². The lowest BCUT2D eigenvalue weighted by atomic mass is 10.2. The van der Waals surface area contributed by atoms with Gasteiger partial charge in [0.25, 0.3) is 11.5 Å². The minimum absolute atomic E-state index is 0.0850. The van der Waals surface area contributed by atoms with Crippen molar-refractivity contribution in [2.45, 2.75) is 31.9 Å². The van der Waals surface area contributed by atoms with E-state index in [1.807, 2.05) is 0 Å². The van der Waals surface area contributed by atoms with Gasteiger partial charge in [-0.05, 0) is 31.4 Å². The summed E-state index contributed by atoms with van der Waals surface area (Å²) in [4.78, 5) is 33.8. The van der Waals surface area contributed by atoms with Crippen LogP contribution in [-0.2, 0) is 6.18 Å². The van der Waals surface area contributed by atoms with Crippen LogP contribution in [0.15, 0.2) is 23.1 Å². The molecule has 0 spiro atoms. The quantitative estimate of drug-likeness (QED) is 0.900. The van der Waals surface area contributed by atoms with E-state index in [0.717, 1.165) is 25.1 Å². The summed E-state index contributed by atoms with van der Waals surface area (Å²) in [6, 6.07) is 2.22. The average molecular weight is 338 g/mol. The van der Waals surface area contributed by atoms with E-state index in [1.54, 1.807) is 0 Å². The van der Waals surface area contributed by atoms with Crippen molar-refractivity contribution in [2.75, 3.05) is 5.32 Å². The summed E-state index contributed by atoms with van der Waals surface area (Å²) in [5, 5.41) is 2.41. The summed E-state index contributed by atoms with van der Waals surface area (Å²) in [5.41, 5.74) is -1.55. The van der Waals surface area contributed by atoms with Crippen LogP contribution < -0.4 is 10.9 Å². The third-order valence-corrected chi connectivity index (χ3v) is 3.56. The number of amides is 1. The van der Waals surface area contributed by atoms with Crippen LogP contribution in [0, 0.1) is 6.92 Å². The smallest absolute Gasteiger partial charge is 0.319 e. The Bertz CT molecular complexity index is 857. The van der Waals surface area contributed by atoms with Crippen molar-refractivity contribution >= 4 is 11.6 Å². The Hall–Kier alpha value is -2.71. The Balaban J connectivity index is 1.82. The van der Waals surface area contributed by atoms with Crippen LogP contribution in [0.2, 0.25) is 0 Å². The summed E-state index contributed by atoms with van der Waals surface area (Å²) in [7, 11) is 0. The van der Waals surface area contributed by atoms with E-state index in [1.165, 1.54) is 13.0 Å². The van der Waals surface area contributed by atoms with Crippen LogP contribution in [0.5, 0.6) is 0 Å². The van der Waals surface area contributed by atoms with Gasteiger partial charge in [0.2, 0.25) is 0 Å². The van der Waals surface area contributed by atoms with Crippen LogP contribution in [0.3, 0.4) is 0 Å². The van der Waals surface area contributed by atoms with Crippen LogP contribution >= 0.6 is 0 Å². The third kappa shape index (κ3) is 3.44. The number of nitrogens with one attached hydrogen (secondary N) is 2. The fourth-order valence-electron chi connectivity index (χ4n) is 2.28. The molecule has 2 aromatic heterocycles. The Morgan fingerprint density at radius 3 is 2.62 bits per heavy atom. The molecule has 1 amide bonds. The first-order valence-corrected chi connectivity index (χ1v) is 7.20. The monoisotopic (exact) mass is 338 g/mol. The molecule has 0 aromatic carbocycles. The van der Waals surface area contributed by atoms with Gasteiger partial charge in [-0.2, -0.15) is 13.2 Å². The number of hydrogen-bond acceptors (Lipinski definition) is 4. The zero-order chi connectivity index (χ0) is 17.5. The fourth-order valence-corrected chi connectivity index (χ4v) is 2.28. The number of hydrogen-bond donors (Lipinski definition) is 2. The molecule has 3 rings (SSSR count). The summed E-state index contributed by atoms with van der Waals surface area (Å²) < 4.78 is 38.0. The maximum absolute atomic E-state index is 12.7. The van der Waals surface area contributed by atoms with Gasteiger partial charge in [-0.15, -0.1) is 0 Å². The number of pyridine rings is 1. The van der Waals surface area contributed by atoms with E-state index in [2.05, 4.69) is 20.3 Å². The van der Waals surface area contributed by atoms with Gasteiger partial charge in [-0.25, -0.2) is 9.97 Å². The van der Waals surface area contributed by atoms with Crippen molar-refractivity contribution in [3.05, 3.63) is 51.5 Å². The third-order valence-electron chi connectivity index (χ3n) is 3.56. The van der Waals surface area contributed by atoms with Crippen molar-refractivity contribution in [3.63, 3.8) is 0 Å². The number of halogens is 3. The van der Waals surface area contributed by atoms with Gasteiger partial charge in [0.1, 0.15) is 17.2 Å². The maximum Gasteiger partial charge on any atom is 0.433 e. The van der Waals surface area contributed by atoms with Crippen molar-refractivity contribution in [1.82, 2.24) is 15.0 Å². The molecule has 2 heterocycles. The van der Waals surface area contributed by atoms with E-state index in [4.69, 9.17) is 0 Å². The molecule has 9 heteroatoms. The second kappa shape index (κ2) is 5.73. The molecule has 0 aliphatic heterocycles. The van der Waals surface area contributed by atoms with Crippen molar-refractivity contribution in [1.29, 1.82) is 0 Å². The number of carbonyl (C=O) groups is 1. The average Bonchev–Trinajstić information content (AvgIpc) is 3.29. The molecular formula is C15H13F3N4O2. The molecule has 1 aliphatic carbocycles. The number of H-pyrrole nitrogens is 1. The highest BCUT2D eigenvalue weighted by Gasteiger charge is 2.34. The van der Waals surface area contributed by atoms with Crippen LogP contribution in [0.25, 0.3) is 0 Å². The summed E-state index contributed by atoms with van der Waals surface area (Å²) in [6.07, 6.45) is -1.84. The zero-order valence-corrected chi connectivity index (χ0v) is 12.6. The molecular weight excluding hydrogens is 325 g/mol. The molecule has 24 heavy (non-hydrogen) atoms. The number of rotatable bonds is 3. The molecule has 1 fully saturated rings. The lowest BCUT2D eigenvalue weighted by Gasteiger charge is -2.11. The number of aromatic amines is 1. The van der Waals surface area contributed by atoms with Gasteiger partial charge in [0, 0.05) is 12.0 Å². The van der Waals surface area contributed by atoms with Crippen LogP contribution in [-0.4, -0.2) is 20.9 Å². The van der Waals surface area contributed by atoms with E-state index in [9.17, 15) is 22.8 Å². The number of aromatic nitrogens is 3.